The summed E-state index contributed by atoms with van der Waals surface area (Å²) in [6.07, 6.45) is 1.76. The maximum Gasteiger partial charge on any atom is 0.294 e. The van der Waals surface area contributed by atoms with Gasteiger partial charge in [-0.25, -0.2) is 0 Å². The van der Waals surface area contributed by atoms with Gasteiger partial charge in [0.2, 0.25) is 4.87 Å². The Kier molecular flexibility index (Phi) is 5.11. The first-order valence-electron chi connectivity index (χ1n) is 8.72. The van der Waals surface area contributed by atoms with Crippen LogP contribution in [0.5, 0.6) is 0 Å². The molecule has 2 atom stereocenters. The number of hydrogen-bond acceptors (Lipinski definition) is 6. The molecule has 2 heterocycles. The van der Waals surface area contributed by atoms with Crippen molar-refractivity contribution < 1.29 is 25.9 Å². The minimum absolute atomic E-state index is 0.318. The van der Waals surface area contributed by atoms with E-state index in [0.717, 1.165) is 16.5 Å². The number of hydrogen-bond donors (Lipinski definition) is 2. The fraction of sp³-hybridized carbons (Fsp3) is 0.316. The summed E-state index contributed by atoms with van der Waals surface area (Å²) in [6.45, 7) is 2.89. The Morgan fingerprint density at radius 2 is 1.52 bits per heavy atom. The summed E-state index contributed by atoms with van der Waals surface area (Å²) in [5.74, 6) is 0. The summed E-state index contributed by atoms with van der Waals surface area (Å²) in [7, 11) is -6.60. The molecule has 29 heavy (non-hydrogen) atoms. The highest BCUT2D eigenvalue weighted by Gasteiger charge is 2.47. The van der Waals surface area contributed by atoms with Gasteiger partial charge in [0.05, 0.1) is 5.36 Å². The van der Waals surface area contributed by atoms with Gasteiger partial charge in [-0.05, 0) is 42.8 Å². The van der Waals surface area contributed by atoms with E-state index in [0.29, 0.717) is 11.8 Å². The Morgan fingerprint density at radius 1 is 0.931 bits per heavy atom. The molecule has 156 valence electrons. The van der Waals surface area contributed by atoms with Crippen molar-refractivity contribution in [2.75, 3.05) is 11.9 Å². The van der Waals surface area contributed by atoms with E-state index in [4.69, 9.17) is 4.55 Å². The van der Waals surface area contributed by atoms with Gasteiger partial charge in [-0.3, -0.25) is 14.1 Å². The second-order valence-corrected chi connectivity index (χ2v) is 11.0. The van der Waals surface area contributed by atoms with Crippen LogP contribution in [-0.2, 0) is 26.7 Å². The van der Waals surface area contributed by atoms with Crippen molar-refractivity contribution in [3.05, 3.63) is 64.7 Å². The summed E-state index contributed by atoms with van der Waals surface area (Å²) >= 11 is 0. The Bertz CT molecular complexity index is 1250. The molecule has 2 aromatic carbocycles. The first-order chi connectivity index (χ1) is 13.3. The third-order valence-electron chi connectivity index (χ3n) is 5.36. The predicted octanol–water partition coefficient (Wildman–Crippen LogP) is 0.987. The monoisotopic (exact) mass is 438 g/mol. The van der Waals surface area contributed by atoms with Crippen molar-refractivity contribution >= 4 is 32.0 Å². The molecule has 2 aliphatic rings. The van der Waals surface area contributed by atoms with Crippen LogP contribution in [0.3, 0.4) is 0 Å². The molecule has 0 aromatic heterocycles. The molecule has 2 N–H and O–H groups in total. The van der Waals surface area contributed by atoms with Crippen molar-refractivity contribution in [2.45, 2.75) is 30.0 Å². The van der Waals surface area contributed by atoms with Crippen LogP contribution in [0.2, 0.25) is 0 Å². The Hall–Kier alpha value is -2.27. The number of fused-ring (bicyclic) bond motifs is 2. The molecular formula is C19H22N2O6S2. The molecule has 0 fully saturated rings. The molecule has 0 saturated carbocycles. The van der Waals surface area contributed by atoms with Gasteiger partial charge in [-0.2, -0.15) is 16.8 Å². The minimum atomic E-state index is -4.19. The highest BCUT2D eigenvalue weighted by atomic mass is 32.2. The molecule has 8 nitrogen and oxygen atoms in total. The highest BCUT2D eigenvalue weighted by molar-refractivity contribution is 7.87. The van der Waals surface area contributed by atoms with Crippen molar-refractivity contribution in [3.63, 3.8) is 0 Å². The van der Waals surface area contributed by atoms with Gasteiger partial charge < -0.3 is 4.90 Å². The van der Waals surface area contributed by atoms with E-state index in [1.807, 2.05) is 24.3 Å². The molecule has 10 heteroatoms. The Balaban J connectivity index is 0.000000166. The van der Waals surface area contributed by atoms with Crippen LogP contribution >= 0.6 is 0 Å². The van der Waals surface area contributed by atoms with Crippen LogP contribution in [0.1, 0.15) is 19.4 Å². The van der Waals surface area contributed by atoms with E-state index < -0.39 is 30.0 Å². The fourth-order valence-electron chi connectivity index (χ4n) is 3.38. The number of likely N-dealkylation sites (N-methyl/N-ethyl adjacent to an activating group) is 1. The van der Waals surface area contributed by atoms with Gasteiger partial charge in [-0.15, -0.1) is 0 Å². The van der Waals surface area contributed by atoms with E-state index in [-0.39, 0.29) is 0 Å². The number of anilines is 1. The highest BCUT2D eigenvalue weighted by Crippen LogP contribution is 2.39. The van der Waals surface area contributed by atoms with Gasteiger partial charge in [0, 0.05) is 19.2 Å². The molecule has 4 rings (SSSR count). The van der Waals surface area contributed by atoms with Crippen LogP contribution < -0.4 is 15.5 Å². The Morgan fingerprint density at radius 3 is 2.07 bits per heavy atom. The number of rotatable bonds is 2. The van der Waals surface area contributed by atoms with Crippen LogP contribution in [0.25, 0.3) is 6.08 Å². The van der Waals surface area contributed by atoms with Crippen LogP contribution in [0.4, 0.5) is 5.69 Å². The average molecular weight is 439 g/mol. The molecule has 2 unspecified atom stereocenters. The summed E-state index contributed by atoms with van der Waals surface area (Å²) in [6, 6.07) is 14.5. The predicted molar refractivity (Wildman–Crippen MR) is 110 cm³/mol. The Labute approximate surface area is 169 Å². The molecule has 0 spiro atoms. The van der Waals surface area contributed by atoms with Gasteiger partial charge in [0.25, 0.3) is 20.2 Å². The molecule has 0 radical (unpaired) electrons. The third-order valence-corrected chi connectivity index (χ3v) is 8.14. The molecule has 0 bridgehead atoms. The van der Waals surface area contributed by atoms with Gasteiger partial charge in [-0.1, -0.05) is 36.4 Å². The van der Waals surface area contributed by atoms with Crippen molar-refractivity contribution in [2.24, 2.45) is 4.99 Å². The molecule has 0 saturated heterocycles. The van der Waals surface area contributed by atoms with Crippen LogP contribution in [-0.4, -0.2) is 42.7 Å². The zero-order valence-electron chi connectivity index (χ0n) is 16.1. The van der Waals surface area contributed by atoms with Gasteiger partial charge in [0.1, 0.15) is 0 Å². The van der Waals surface area contributed by atoms with E-state index in [1.165, 1.54) is 19.9 Å². The quantitative estimate of drug-likeness (QED) is 0.670. The lowest BCUT2D eigenvalue weighted by atomic mass is 10.1. The lowest BCUT2D eigenvalue weighted by Crippen LogP contribution is -2.48. The lowest BCUT2D eigenvalue weighted by molar-refractivity contribution is 0.434. The summed E-state index contributed by atoms with van der Waals surface area (Å²) in [4.78, 5) is 2.80. The average Bonchev–Trinajstić information content (AvgIpc) is 3.11. The first-order valence-corrected chi connectivity index (χ1v) is 11.6. The third kappa shape index (κ3) is 3.68. The summed E-state index contributed by atoms with van der Waals surface area (Å²) in [5.41, 5.74) is 1.80. The van der Waals surface area contributed by atoms with Crippen molar-refractivity contribution in [1.82, 2.24) is 0 Å². The zero-order chi connectivity index (χ0) is 21.7. The van der Waals surface area contributed by atoms with Crippen LogP contribution in [0, 0.1) is 0 Å². The normalized spacial score (nSPS) is 25.2. The maximum absolute atomic E-state index is 11.3. The van der Waals surface area contributed by atoms with Gasteiger partial charge in [0.15, 0.2) is 4.87 Å². The second kappa shape index (κ2) is 6.91. The zero-order valence-corrected chi connectivity index (χ0v) is 17.8. The molecule has 2 aromatic rings. The molecular weight excluding hydrogens is 416 g/mol. The first kappa shape index (κ1) is 21.4. The minimum Gasteiger partial charge on any atom is -0.353 e. The van der Waals surface area contributed by atoms with Gasteiger partial charge >= 0.3 is 0 Å². The standard InChI is InChI=1S/C10H13NO3S.C9H9NO3S/c1-10(15(12,13)14)7-8-5-3-4-6-9(8)11(10)2;1-9(14(11,12)13)6-7-4-2-3-5-8(7)10-9/h3-6H,7H2,1-2H3,(H,12,13,14);2-6H,1H3,(H,11,12,13). The number of nitrogens with zero attached hydrogens (tertiary/aromatic N) is 2. The van der Waals surface area contributed by atoms with E-state index in [2.05, 4.69) is 4.99 Å². The van der Waals surface area contributed by atoms with Crippen molar-refractivity contribution in [1.29, 1.82) is 0 Å². The fourth-order valence-corrected chi connectivity index (χ4v) is 4.65. The van der Waals surface area contributed by atoms with Crippen molar-refractivity contribution in [3.8, 4) is 0 Å². The SMILES string of the molecule is CC1(S(=O)(=O)O)C=c2ccccc2=N1.CN1c2ccccc2CC1(C)S(=O)(=O)O. The van der Waals surface area contributed by atoms with E-state index >= 15 is 0 Å². The second-order valence-electron chi connectivity index (χ2n) is 7.36. The number of para-hydroxylation sites is 2. The summed E-state index contributed by atoms with van der Waals surface area (Å²) < 4.78 is 63.1. The molecule has 2 aliphatic heterocycles. The smallest absolute Gasteiger partial charge is 0.294 e. The van der Waals surface area contributed by atoms with Crippen LogP contribution in [0.15, 0.2) is 53.5 Å². The molecule has 0 aliphatic carbocycles. The summed E-state index contributed by atoms with van der Waals surface area (Å²) in [5, 5.41) is 1.32. The lowest BCUT2D eigenvalue weighted by Gasteiger charge is -2.30. The maximum atomic E-state index is 11.3. The largest absolute Gasteiger partial charge is 0.353 e. The van der Waals surface area contributed by atoms with E-state index in [9.17, 15) is 21.4 Å². The topological polar surface area (TPSA) is 124 Å². The van der Waals surface area contributed by atoms with E-state index in [1.54, 1.807) is 36.2 Å². The molecule has 0 amide bonds. The number of benzene rings is 2.